The van der Waals surface area contributed by atoms with E-state index >= 15 is 0 Å². The Bertz CT molecular complexity index is 1300. The predicted octanol–water partition coefficient (Wildman–Crippen LogP) is 5.21. The highest BCUT2D eigenvalue weighted by atomic mass is 32.1. The van der Waals surface area contributed by atoms with Crippen molar-refractivity contribution in [3.8, 4) is 0 Å². The Kier molecular flexibility index (Phi) is 6.09. The number of fused-ring (bicyclic) bond motifs is 1. The first-order chi connectivity index (χ1) is 16.2. The van der Waals surface area contributed by atoms with Gasteiger partial charge in [0.1, 0.15) is 6.04 Å². The van der Waals surface area contributed by atoms with Crippen molar-refractivity contribution in [1.29, 1.82) is 0 Å². The SMILES string of the molecule is Cc1ccc(C2=NN(C(=S)NCCc3ccccc3)C(c3cnc4ccccc4n3)C2)cc1. The first-order valence-electron chi connectivity index (χ1n) is 11.1. The van der Waals surface area contributed by atoms with Crippen molar-refractivity contribution in [1.82, 2.24) is 20.3 Å². The Morgan fingerprint density at radius 3 is 2.48 bits per heavy atom. The van der Waals surface area contributed by atoms with Crippen molar-refractivity contribution >= 4 is 34.1 Å². The van der Waals surface area contributed by atoms with E-state index in [1.807, 2.05) is 41.5 Å². The summed E-state index contributed by atoms with van der Waals surface area (Å²) in [6, 6.07) is 26.7. The predicted molar refractivity (Wildman–Crippen MR) is 137 cm³/mol. The molecule has 0 saturated carbocycles. The molecule has 1 aliphatic rings. The van der Waals surface area contributed by atoms with Crippen LogP contribution in [-0.2, 0) is 6.42 Å². The summed E-state index contributed by atoms with van der Waals surface area (Å²) in [6.07, 6.45) is 3.46. The number of thiocarbonyl (C=S) groups is 1. The average Bonchev–Trinajstić information content (AvgIpc) is 3.30. The third-order valence-corrected chi connectivity index (χ3v) is 6.18. The molecule has 0 fully saturated rings. The lowest BCUT2D eigenvalue weighted by molar-refractivity contribution is 0.357. The van der Waals surface area contributed by atoms with E-state index in [0.717, 1.165) is 47.4 Å². The van der Waals surface area contributed by atoms with E-state index in [0.29, 0.717) is 5.11 Å². The molecule has 1 N–H and O–H groups in total. The van der Waals surface area contributed by atoms with Gasteiger partial charge in [-0.1, -0.05) is 72.3 Å². The number of rotatable bonds is 5. The summed E-state index contributed by atoms with van der Waals surface area (Å²) in [5, 5.41) is 10.8. The van der Waals surface area contributed by atoms with E-state index in [1.54, 1.807) is 0 Å². The second-order valence-corrected chi connectivity index (χ2v) is 8.62. The summed E-state index contributed by atoms with van der Waals surface area (Å²) in [6.45, 7) is 2.83. The van der Waals surface area contributed by atoms with Gasteiger partial charge in [-0.2, -0.15) is 5.10 Å². The van der Waals surface area contributed by atoms with Crippen LogP contribution in [-0.4, -0.2) is 32.3 Å². The van der Waals surface area contributed by atoms with Crippen LogP contribution in [0.25, 0.3) is 11.0 Å². The van der Waals surface area contributed by atoms with Crippen LogP contribution in [0.3, 0.4) is 0 Å². The van der Waals surface area contributed by atoms with Crippen molar-refractivity contribution in [2.24, 2.45) is 5.10 Å². The summed E-state index contributed by atoms with van der Waals surface area (Å²) in [5.74, 6) is 0. The number of aryl methyl sites for hydroxylation is 1. The molecule has 0 aliphatic carbocycles. The molecule has 0 saturated heterocycles. The maximum absolute atomic E-state index is 5.79. The number of aromatic nitrogens is 2. The van der Waals surface area contributed by atoms with Gasteiger partial charge in [-0.3, -0.25) is 4.98 Å². The first-order valence-corrected chi connectivity index (χ1v) is 11.6. The van der Waals surface area contributed by atoms with Crippen LogP contribution in [0.2, 0.25) is 0 Å². The molecule has 164 valence electrons. The van der Waals surface area contributed by atoms with Crippen molar-refractivity contribution in [3.63, 3.8) is 0 Å². The number of hydrogen-bond acceptors (Lipinski definition) is 4. The third-order valence-electron chi connectivity index (χ3n) is 5.84. The molecule has 1 atom stereocenters. The van der Waals surface area contributed by atoms with Gasteiger partial charge in [0, 0.05) is 13.0 Å². The molecular formula is C27H25N5S. The lowest BCUT2D eigenvalue weighted by atomic mass is 10.0. The van der Waals surface area contributed by atoms with E-state index in [-0.39, 0.29) is 6.04 Å². The zero-order valence-corrected chi connectivity index (χ0v) is 19.3. The van der Waals surface area contributed by atoms with Gasteiger partial charge >= 0.3 is 0 Å². The molecule has 0 bridgehead atoms. The number of nitrogens with one attached hydrogen (secondary N) is 1. The van der Waals surface area contributed by atoms with Crippen LogP contribution < -0.4 is 5.32 Å². The summed E-state index contributed by atoms with van der Waals surface area (Å²) in [4.78, 5) is 9.52. The normalized spacial score (nSPS) is 15.5. The summed E-state index contributed by atoms with van der Waals surface area (Å²) in [7, 11) is 0. The Morgan fingerprint density at radius 2 is 1.70 bits per heavy atom. The lowest BCUT2D eigenvalue weighted by Crippen LogP contribution is -2.38. The molecule has 0 amide bonds. The van der Waals surface area contributed by atoms with Crippen LogP contribution in [0.4, 0.5) is 0 Å². The molecule has 1 unspecified atom stereocenters. The van der Waals surface area contributed by atoms with Crippen molar-refractivity contribution in [3.05, 3.63) is 107 Å². The van der Waals surface area contributed by atoms with Gasteiger partial charge in [-0.25, -0.2) is 9.99 Å². The fraction of sp³-hybridized carbons (Fsp3) is 0.185. The van der Waals surface area contributed by atoms with E-state index < -0.39 is 0 Å². The molecule has 0 radical (unpaired) electrons. The molecule has 5 nitrogen and oxygen atoms in total. The molecule has 2 heterocycles. The van der Waals surface area contributed by atoms with Gasteiger partial charge in [-0.15, -0.1) is 0 Å². The molecule has 4 aromatic rings. The second-order valence-electron chi connectivity index (χ2n) is 8.23. The summed E-state index contributed by atoms with van der Waals surface area (Å²) < 4.78 is 0. The number of benzene rings is 3. The molecule has 3 aromatic carbocycles. The van der Waals surface area contributed by atoms with Gasteiger partial charge in [0.05, 0.1) is 28.6 Å². The van der Waals surface area contributed by atoms with E-state index in [1.165, 1.54) is 11.1 Å². The van der Waals surface area contributed by atoms with E-state index in [4.69, 9.17) is 22.3 Å². The fourth-order valence-electron chi connectivity index (χ4n) is 4.02. The van der Waals surface area contributed by atoms with Crippen molar-refractivity contribution in [2.45, 2.75) is 25.8 Å². The Balaban J connectivity index is 1.40. The highest BCUT2D eigenvalue weighted by Gasteiger charge is 2.32. The van der Waals surface area contributed by atoms with Gasteiger partial charge in [-0.05, 0) is 48.8 Å². The highest BCUT2D eigenvalue weighted by molar-refractivity contribution is 7.80. The Morgan fingerprint density at radius 1 is 0.970 bits per heavy atom. The minimum atomic E-state index is -0.102. The van der Waals surface area contributed by atoms with Gasteiger partial charge < -0.3 is 5.32 Å². The summed E-state index contributed by atoms with van der Waals surface area (Å²) >= 11 is 5.79. The molecule has 1 aliphatic heterocycles. The molecule has 6 heteroatoms. The fourth-order valence-corrected chi connectivity index (χ4v) is 4.29. The number of nitrogens with zero attached hydrogens (tertiary/aromatic N) is 4. The van der Waals surface area contributed by atoms with E-state index in [9.17, 15) is 0 Å². The Hall–Kier alpha value is -3.64. The van der Waals surface area contributed by atoms with Gasteiger partial charge in [0.15, 0.2) is 5.11 Å². The van der Waals surface area contributed by atoms with Gasteiger partial charge in [0.2, 0.25) is 0 Å². The average molecular weight is 452 g/mol. The first kappa shape index (κ1) is 21.2. The quantitative estimate of drug-likeness (QED) is 0.422. The topological polar surface area (TPSA) is 53.4 Å². The number of para-hydroxylation sites is 2. The molecular weight excluding hydrogens is 426 g/mol. The zero-order valence-electron chi connectivity index (χ0n) is 18.5. The number of hydrogen-bond donors (Lipinski definition) is 1. The molecule has 0 spiro atoms. The highest BCUT2D eigenvalue weighted by Crippen LogP contribution is 2.32. The second kappa shape index (κ2) is 9.46. The van der Waals surface area contributed by atoms with Crippen LogP contribution >= 0.6 is 12.2 Å². The van der Waals surface area contributed by atoms with Crippen LogP contribution in [0.1, 0.15) is 34.8 Å². The van der Waals surface area contributed by atoms with Crippen LogP contribution in [0, 0.1) is 6.92 Å². The minimum absolute atomic E-state index is 0.102. The summed E-state index contributed by atoms with van der Waals surface area (Å²) in [5.41, 5.74) is 7.23. The van der Waals surface area contributed by atoms with Crippen molar-refractivity contribution < 1.29 is 0 Å². The monoisotopic (exact) mass is 451 g/mol. The largest absolute Gasteiger partial charge is 0.361 e. The maximum Gasteiger partial charge on any atom is 0.190 e. The molecule has 33 heavy (non-hydrogen) atoms. The van der Waals surface area contributed by atoms with Crippen LogP contribution in [0.5, 0.6) is 0 Å². The number of hydrazone groups is 1. The molecule has 1 aromatic heterocycles. The Labute approximate surface area is 199 Å². The van der Waals surface area contributed by atoms with Gasteiger partial charge in [0.25, 0.3) is 0 Å². The zero-order chi connectivity index (χ0) is 22.6. The lowest BCUT2D eigenvalue weighted by Gasteiger charge is -2.24. The molecule has 5 rings (SSSR count). The van der Waals surface area contributed by atoms with Crippen molar-refractivity contribution in [2.75, 3.05) is 6.54 Å². The third kappa shape index (κ3) is 4.76. The van der Waals surface area contributed by atoms with E-state index in [2.05, 4.69) is 65.8 Å². The standard InChI is InChI=1S/C27H25N5S/c1-19-11-13-21(14-12-19)24-17-26(25-18-29-22-9-5-6-10-23(22)30-25)32(31-24)27(33)28-16-15-20-7-3-2-4-8-20/h2-14,18,26H,15-17H2,1H3,(H,28,33). The minimum Gasteiger partial charge on any atom is -0.361 e. The maximum atomic E-state index is 5.79. The smallest absolute Gasteiger partial charge is 0.190 e. The van der Waals surface area contributed by atoms with Crippen LogP contribution in [0.15, 0.2) is 90.2 Å².